The van der Waals surface area contributed by atoms with E-state index in [1.54, 1.807) is 12.1 Å². The summed E-state index contributed by atoms with van der Waals surface area (Å²) in [5.41, 5.74) is 0.857. The van der Waals surface area contributed by atoms with Crippen LogP contribution in [0.2, 0.25) is 10.0 Å². The summed E-state index contributed by atoms with van der Waals surface area (Å²) in [6.45, 7) is 1.94. The van der Waals surface area contributed by atoms with Crippen LogP contribution in [-0.2, 0) is 0 Å². The number of likely N-dealkylation sites (tertiary alicyclic amines) is 1. The first-order valence-corrected chi connectivity index (χ1v) is 6.06. The molecule has 1 atom stereocenters. The van der Waals surface area contributed by atoms with Crippen molar-refractivity contribution < 1.29 is 0 Å². The highest BCUT2D eigenvalue weighted by Crippen LogP contribution is 2.31. The van der Waals surface area contributed by atoms with Crippen molar-refractivity contribution in [1.29, 1.82) is 5.26 Å². The maximum atomic E-state index is 9.25. The zero-order valence-corrected chi connectivity index (χ0v) is 10.3. The minimum Gasteiger partial charge on any atom is -0.284 e. The summed E-state index contributed by atoms with van der Waals surface area (Å²) in [5, 5.41) is 10.4. The van der Waals surface area contributed by atoms with Crippen LogP contribution < -0.4 is 0 Å². The summed E-state index contributed by atoms with van der Waals surface area (Å²) in [6, 6.07) is 7.39. The van der Waals surface area contributed by atoms with Gasteiger partial charge in [0.05, 0.1) is 6.07 Å². The molecule has 0 N–H and O–H groups in total. The van der Waals surface area contributed by atoms with E-state index in [1.165, 1.54) is 0 Å². The van der Waals surface area contributed by atoms with Gasteiger partial charge in [-0.15, -0.1) is 0 Å². The van der Waals surface area contributed by atoms with Crippen LogP contribution in [0.4, 0.5) is 0 Å². The van der Waals surface area contributed by atoms with Crippen LogP contribution in [0.15, 0.2) is 18.2 Å². The van der Waals surface area contributed by atoms with Crippen LogP contribution in [0, 0.1) is 11.3 Å². The Bertz CT molecular complexity index is 420. The maximum absolute atomic E-state index is 9.25. The Kier molecular flexibility index (Phi) is 3.70. The second kappa shape index (κ2) is 5.05. The second-order valence-electron chi connectivity index (χ2n) is 3.94. The van der Waals surface area contributed by atoms with Crippen molar-refractivity contribution >= 4 is 23.2 Å². The Morgan fingerprint density at radius 2 is 1.94 bits per heavy atom. The molecule has 0 bridgehead atoms. The summed E-state index contributed by atoms with van der Waals surface area (Å²) in [7, 11) is 0. The standard InChI is InChI=1S/C12H12Cl2N2/c13-9-3-4-10(11(14)7-9)12(8-15)16-5-1-2-6-16/h3-4,7,12H,1-2,5-6H2. The van der Waals surface area contributed by atoms with Gasteiger partial charge in [-0.05, 0) is 38.1 Å². The fourth-order valence-corrected chi connectivity index (χ4v) is 2.58. The molecule has 0 aliphatic carbocycles. The van der Waals surface area contributed by atoms with Gasteiger partial charge in [-0.25, -0.2) is 0 Å². The first-order chi connectivity index (χ1) is 7.72. The highest BCUT2D eigenvalue weighted by atomic mass is 35.5. The van der Waals surface area contributed by atoms with Crippen molar-refractivity contribution in [3.8, 4) is 6.07 Å². The van der Waals surface area contributed by atoms with Crippen LogP contribution >= 0.6 is 23.2 Å². The molecular weight excluding hydrogens is 243 g/mol. The predicted molar refractivity (Wildman–Crippen MR) is 65.6 cm³/mol. The summed E-state index contributed by atoms with van der Waals surface area (Å²) in [4.78, 5) is 2.16. The first-order valence-electron chi connectivity index (χ1n) is 5.31. The van der Waals surface area contributed by atoms with Crippen LogP contribution in [0.3, 0.4) is 0 Å². The van der Waals surface area contributed by atoms with E-state index in [-0.39, 0.29) is 6.04 Å². The lowest BCUT2D eigenvalue weighted by molar-refractivity contribution is 0.294. The quantitative estimate of drug-likeness (QED) is 0.806. The Morgan fingerprint density at radius 3 is 2.50 bits per heavy atom. The molecule has 1 unspecified atom stereocenters. The summed E-state index contributed by atoms with van der Waals surface area (Å²) in [5.74, 6) is 0. The number of rotatable bonds is 2. The molecule has 0 amide bonds. The summed E-state index contributed by atoms with van der Waals surface area (Å²) < 4.78 is 0. The molecule has 2 nitrogen and oxygen atoms in total. The van der Waals surface area contributed by atoms with Crippen molar-refractivity contribution in [3.05, 3.63) is 33.8 Å². The van der Waals surface area contributed by atoms with Crippen molar-refractivity contribution in [2.24, 2.45) is 0 Å². The van der Waals surface area contributed by atoms with Gasteiger partial charge in [-0.2, -0.15) is 5.26 Å². The van der Waals surface area contributed by atoms with Gasteiger partial charge >= 0.3 is 0 Å². The molecular formula is C12H12Cl2N2. The van der Waals surface area contributed by atoms with Gasteiger partial charge in [0.1, 0.15) is 6.04 Å². The molecule has 4 heteroatoms. The molecule has 1 aromatic rings. The molecule has 2 rings (SSSR count). The molecule has 1 aliphatic rings. The monoisotopic (exact) mass is 254 g/mol. The maximum Gasteiger partial charge on any atom is 0.125 e. The molecule has 1 aliphatic heterocycles. The van der Waals surface area contributed by atoms with Gasteiger partial charge in [0.2, 0.25) is 0 Å². The van der Waals surface area contributed by atoms with Gasteiger partial charge < -0.3 is 0 Å². The third-order valence-corrected chi connectivity index (χ3v) is 3.45. The SMILES string of the molecule is N#CC(c1ccc(Cl)cc1Cl)N1CCCC1. The molecule has 1 fully saturated rings. The number of hydrogen-bond acceptors (Lipinski definition) is 2. The minimum absolute atomic E-state index is 0.243. The smallest absolute Gasteiger partial charge is 0.125 e. The third-order valence-electron chi connectivity index (χ3n) is 2.89. The van der Waals surface area contributed by atoms with Gasteiger partial charge in [-0.1, -0.05) is 29.3 Å². The predicted octanol–water partition coefficient (Wildman–Crippen LogP) is 3.65. The largest absolute Gasteiger partial charge is 0.284 e. The highest BCUT2D eigenvalue weighted by molar-refractivity contribution is 6.35. The molecule has 16 heavy (non-hydrogen) atoms. The average molecular weight is 255 g/mol. The number of benzene rings is 1. The zero-order valence-electron chi connectivity index (χ0n) is 8.79. The third kappa shape index (κ3) is 2.32. The fourth-order valence-electron chi connectivity index (χ4n) is 2.07. The van der Waals surface area contributed by atoms with Crippen LogP contribution in [0.1, 0.15) is 24.4 Å². The van der Waals surface area contributed by atoms with Gasteiger partial charge in [0, 0.05) is 15.6 Å². The Morgan fingerprint density at radius 1 is 1.25 bits per heavy atom. The molecule has 0 saturated carbocycles. The van der Waals surface area contributed by atoms with Crippen molar-refractivity contribution in [2.45, 2.75) is 18.9 Å². The van der Waals surface area contributed by atoms with Crippen molar-refractivity contribution in [3.63, 3.8) is 0 Å². The van der Waals surface area contributed by atoms with Crippen LogP contribution in [0.5, 0.6) is 0 Å². The van der Waals surface area contributed by atoms with Crippen molar-refractivity contribution in [1.82, 2.24) is 4.90 Å². The van der Waals surface area contributed by atoms with Gasteiger partial charge in [-0.3, -0.25) is 4.90 Å². The first kappa shape index (κ1) is 11.7. The Hall–Kier alpha value is -0.750. The molecule has 0 aromatic heterocycles. The number of hydrogen-bond donors (Lipinski definition) is 0. The Balaban J connectivity index is 2.30. The summed E-state index contributed by atoms with van der Waals surface area (Å²) >= 11 is 12.0. The lowest BCUT2D eigenvalue weighted by Gasteiger charge is -2.22. The van der Waals surface area contributed by atoms with E-state index in [9.17, 15) is 5.26 Å². The second-order valence-corrected chi connectivity index (χ2v) is 4.78. The van der Waals surface area contributed by atoms with E-state index in [2.05, 4.69) is 11.0 Å². The minimum atomic E-state index is -0.243. The topological polar surface area (TPSA) is 27.0 Å². The zero-order chi connectivity index (χ0) is 11.5. The number of halogens is 2. The van der Waals surface area contributed by atoms with E-state index in [1.807, 2.05) is 6.07 Å². The van der Waals surface area contributed by atoms with Crippen LogP contribution in [-0.4, -0.2) is 18.0 Å². The number of nitriles is 1. The lowest BCUT2D eigenvalue weighted by atomic mass is 10.1. The van der Waals surface area contributed by atoms with Gasteiger partial charge in [0.15, 0.2) is 0 Å². The average Bonchev–Trinajstić information content (AvgIpc) is 2.75. The molecule has 84 valence electrons. The molecule has 0 spiro atoms. The van der Waals surface area contributed by atoms with Crippen LogP contribution in [0.25, 0.3) is 0 Å². The Labute approximate surface area is 105 Å². The molecule has 1 saturated heterocycles. The number of nitrogens with zero attached hydrogens (tertiary/aromatic N) is 2. The highest BCUT2D eigenvalue weighted by Gasteiger charge is 2.24. The van der Waals surface area contributed by atoms with E-state index in [0.717, 1.165) is 31.5 Å². The van der Waals surface area contributed by atoms with E-state index < -0.39 is 0 Å². The van der Waals surface area contributed by atoms with Gasteiger partial charge in [0.25, 0.3) is 0 Å². The molecule has 1 heterocycles. The molecule has 1 aromatic carbocycles. The molecule has 0 radical (unpaired) electrons. The summed E-state index contributed by atoms with van der Waals surface area (Å²) in [6.07, 6.45) is 2.31. The fraction of sp³-hybridized carbons (Fsp3) is 0.417. The van der Waals surface area contributed by atoms with Crippen molar-refractivity contribution in [2.75, 3.05) is 13.1 Å². The van der Waals surface area contributed by atoms with E-state index >= 15 is 0 Å². The lowest BCUT2D eigenvalue weighted by Crippen LogP contribution is -2.24. The van der Waals surface area contributed by atoms with E-state index in [0.29, 0.717) is 10.0 Å². The van der Waals surface area contributed by atoms with E-state index in [4.69, 9.17) is 23.2 Å². The normalized spacial score (nSPS) is 18.3.